The highest BCUT2D eigenvalue weighted by Gasteiger charge is 2.29. The molecule has 1 aromatic rings. The third-order valence-corrected chi connectivity index (χ3v) is 3.77. The van der Waals surface area contributed by atoms with Gasteiger partial charge in [-0.2, -0.15) is 0 Å². The van der Waals surface area contributed by atoms with E-state index in [9.17, 15) is 9.59 Å². The van der Waals surface area contributed by atoms with Crippen LogP contribution in [-0.2, 0) is 4.79 Å². The third-order valence-electron chi connectivity index (χ3n) is 3.77. The molecule has 0 saturated carbocycles. The molecule has 22 heavy (non-hydrogen) atoms. The van der Waals surface area contributed by atoms with Gasteiger partial charge < -0.3 is 19.5 Å². The quantitative estimate of drug-likeness (QED) is 0.900. The van der Waals surface area contributed by atoms with Crippen LogP contribution in [0.4, 0.5) is 0 Å². The Bertz CT molecular complexity index is 557. The average molecular weight is 307 g/mol. The normalized spacial score (nSPS) is 17.9. The van der Waals surface area contributed by atoms with E-state index in [1.807, 2.05) is 6.92 Å². The van der Waals surface area contributed by atoms with Crippen molar-refractivity contribution in [3.05, 3.63) is 23.8 Å². The number of carbonyl (C=O) groups excluding carboxylic acids is 1. The molecule has 0 bridgehead atoms. The van der Waals surface area contributed by atoms with Crippen LogP contribution in [0.2, 0.25) is 0 Å². The molecule has 0 unspecified atom stereocenters. The van der Waals surface area contributed by atoms with Crippen molar-refractivity contribution in [2.45, 2.75) is 19.8 Å². The monoisotopic (exact) mass is 307 g/mol. The smallest absolute Gasteiger partial charge is 0.308 e. The highest BCUT2D eigenvalue weighted by Crippen LogP contribution is 2.29. The van der Waals surface area contributed by atoms with Crippen LogP contribution in [0.15, 0.2) is 18.2 Å². The Morgan fingerprint density at radius 1 is 1.36 bits per heavy atom. The summed E-state index contributed by atoms with van der Waals surface area (Å²) in [6, 6.07) is 5.02. The van der Waals surface area contributed by atoms with Gasteiger partial charge in [0.25, 0.3) is 5.91 Å². The summed E-state index contributed by atoms with van der Waals surface area (Å²) in [5, 5.41) is 9.11. The van der Waals surface area contributed by atoms with Gasteiger partial charge in [-0.3, -0.25) is 9.59 Å². The summed E-state index contributed by atoms with van der Waals surface area (Å²) in [6.07, 6.45) is 1.32. The molecular formula is C16H21NO5. The van der Waals surface area contributed by atoms with E-state index in [1.54, 1.807) is 23.1 Å². The molecule has 0 aromatic heterocycles. The van der Waals surface area contributed by atoms with Crippen LogP contribution in [0.25, 0.3) is 0 Å². The lowest BCUT2D eigenvalue weighted by Crippen LogP contribution is -2.42. The van der Waals surface area contributed by atoms with Crippen LogP contribution in [-0.4, -0.2) is 48.7 Å². The highest BCUT2D eigenvalue weighted by molar-refractivity contribution is 5.95. The molecule has 6 heteroatoms. The number of rotatable bonds is 5. The van der Waals surface area contributed by atoms with Crippen LogP contribution in [0.5, 0.6) is 11.5 Å². The molecule has 1 amide bonds. The van der Waals surface area contributed by atoms with Crippen molar-refractivity contribution >= 4 is 11.9 Å². The molecule has 0 radical (unpaired) electrons. The highest BCUT2D eigenvalue weighted by atomic mass is 16.5. The molecule has 2 rings (SSSR count). The van der Waals surface area contributed by atoms with E-state index in [-0.39, 0.29) is 12.5 Å². The fourth-order valence-electron chi connectivity index (χ4n) is 2.62. The predicted octanol–water partition coefficient (Wildman–Crippen LogP) is 2.03. The van der Waals surface area contributed by atoms with Gasteiger partial charge in [0.2, 0.25) is 0 Å². The number of carbonyl (C=O) groups is 2. The molecule has 120 valence electrons. The number of carboxylic acid groups (broad SMARTS) is 1. The van der Waals surface area contributed by atoms with Gasteiger partial charge in [0, 0.05) is 18.7 Å². The van der Waals surface area contributed by atoms with Gasteiger partial charge in [-0.25, -0.2) is 0 Å². The Hall–Kier alpha value is -2.24. The summed E-state index contributed by atoms with van der Waals surface area (Å²) in [5.41, 5.74) is 0.478. The minimum Gasteiger partial charge on any atom is -0.493 e. The van der Waals surface area contributed by atoms with Gasteiger partial charge in [0.05, 0.1) is 19.6 Å². The van der Waals surface area contributed by atoms with Gasteiger partial charge >= 0.3 is 5.97 Å². The van der Waals surface area contributed by atoms with Crippen LogP contribution in [0.3, 0.4) is 0 Å². The van der Waals surface area contributed by atoms with E-state index in [0.29, 0.717) is 43.1 Å². The summed E-state index contributed by atoms with van der Waals surface area (Å²) in [7, 11) is 1.52. The van der Waals surface area contributed by atoms with Crippen molar-refractivity contribution in [1.29, 1.82) is 0 Å². The average Bonchev–Trinajstić information content (AvgIpc) is 2.55. The molecule has 1 aliphatic rings. The first-order valence-corrected chi connectivity index (χ1v) is 7.39. The standard InChI is InChI=1S/C16H21NO5/c1-3-22-13-7-6-11(9-14(13)21-2)15(18)17-8-4-5-12(10-17)16(19)20/h6-7,9,12H,3-5,8,10H2,1-2H3,(H,19,20)/t12-/m1/s1. The zero-order valence-electron chi connectivity index (χ0n) is 12.9. The maximum Gasteiger partial charge on any atom is 0.308 e. The molecule has 1 atom stereocenters. The van der Waals surface area contributed by atoms with E-state index in [0.717, 1.165) is 0 Å². The summed E-state index contributed by atoms with van der Waals surface area (Å²) in [5.74, 6) is -0.417. The van der Waals surface area contributed by atoms with E-state index >= 15 is 0 Å². The maximum absolute atomic E-state index is 12.5. The molecule has 1 aliphatic heterocycles. The predicted molar refractivity (Wildman–Crippen MR) is 80.4 cm³/mol. The largest absolute Gasteiger partial charge is 0.493 e. The van der Waals surface area contributed by atoms with Crippen LogP contribution in [0, 0.1) is 5.92 Å². The van der Waals surface area contributed by atoms with Gasteiger partial charge in [0.15, 0.2) is 11.5 Å². The van der Waals surface area contributed by atoms with Gasteiger partial charge in [-0.1, -0.05) is 0 Å². The van der Waals surface area contributed by atoms with Crippen LogP contribution < -0.4 is 9.47 Å². The fraction of sp³-hybridized carbons (Fsp3) is 0.500. The number of hydrogen-bond donors (Lipinski definition) is 1. The number of nitrogens with zero attached hydrogens (tertiary/aromatic N) is 1. The van der Waals surface area contributed by atoms with E-state index in [4.69, 9.17) is 14.6 Å². The molecule has 1 fully saturated rings. The van der Waals surface area contributed by atoms with E-state index in [2.05, 4.69) is 0 Å². The maximum atomic E-state index is 12.5. The zero-order valence-corrected chi connectivity index (χ0v) is 12.9. The van der Waals surface area contributed by atoms with Crippen molar-refractivity contribution in [1.82, 2.24) is 4.90 Å². The van der Waals surface area contributed by atoms with Crippen molar-refractivity contribution in [2.75, 3.05) is 26.8 Å². The Balaban J connectivity index is 2.16. The second-order valence-corrected chi connectivity index (χ2v) is 5.23. The second-order valence-electron chi connectivity index (χ2n) is 5.23. The van der Waals surface area contributed by atoms with Gasteiger partial charge in [-0.05, 0) is 38.0 Å². The molecule has 6 nitrogen and oxygen atoms in total. The number of hydrogen-bond acceptors (Lipinski definition) is 4. The number of amides is 1. The number of aliphatic carboxylic acids is 1. The van der Waals surface area contributed by atoms with Crippen LogP contribution in [0.1, 0.15) is 30.1 Å². The van der Waals surface area contributed by atoms with Crippen molar-refractivity contribution in [2.24, 2.45) is 5.92 Å². The van der Waals surface area contributed by atoms with E-state index < -0.39 is 11.9 Å². The van der Waals surface area contributed by atoms with Crippen molar-refractivity contribution < 1.29 is 24.2 Å². The van der Waals surface area contributed by atoms with Crippen molar-refractivity contribution in [3.8, 4) is 11.5 Å². The number of carboxylic acids is 1. The number of likely N-dealkylation sites (tertiary alicyclic amines) is 1. The second kappa shape index (κ2) is 7.15. The first kappa shape index (κ1) is 16.1. The number of benzene rings is 1. The summed E-state index contributed by atoms with van der Waals surface area (Å²) in [6.45, 7) is 3.22. The van der Waals surface area contributed by atoms with Gasteiger partial charge in [-0.15, -0.1) is 0 Å². The third kappa shape index (κ3) is 3.50. The topological polar surface area (TPSA) is 76.1 Å². The molecule has 1 aromatic carbocycles. The fourth-order valence-corrected chi connectivity index (χ4v) is 2.62. The molecule has 0 aliphatic carbocycles. The summed E-state index contributed by atoms with van der Waals surface area (Å²) in [4.78, 5) is 25.2. The number of ether oxygens (including phenoxy) is 2. The van der Waals surface area contributed by atoms with E-state index in [1.165, 1.54) is 7.11 Å². The Labute approximate surface area is 129 Å². The zero-order chi connectivity index (χ0) is 16.1. The molecule has 0 spiro atoms. The minimum atomic E-state index is -0.846. The molecule has 1 saturated heterocycles. The van der Waals surface area contributed by atoms with Gasteiger partial charge in [0.1, 0.15) is 0 Å². The SMILES string of the molecule is CCOc1ccc(C(=O)N2CCC[C@@H](C(=O)O)C2)cc1OC. The first-order chi connectivity index (χ1) is 10.6. The van der Waals surface area contributed by atoms with Crippen LogP contribution >= 0.6 is 0 Å². The Morgan fingerprint density at radius 3 is 2.77 bits per heavy atom. The lowest BCUT2D eigenvalue weighted by atomic mass is 9.97. The Morgan fingerprint density at radius 2 is 2.14 bits per heavy atom. The lowest BCUT2D eigenvalue weighted by molar-refractivity contribution is -0.143. The molecule has 1 N–H and O–H groups in total. The lowest BCUT2D eigenvalue weighted by Gasteiger charge is -2.30. The summed E-state index contributed by atoms with van der Waals surface area (Å²) >= 11 is 0. The molecular weight excluding hydrogens is 286 g/mol. The number of piperidine rings is 1. The Kier molecular flexibility index (Phi) is 5.25. The number of methoxy groups -OCH3 is 1. The first-order valence-electron chi connectivity index (χ1n) is 7.39. The minimum absolute atomic E-state index is 0.174. The molecule has 1 heterocycles. The van der Waals surface area contributed by atoms with Crippen molar-refractivity contribution in [3.63, 3.8) is 0 Å². The summed E-state index contributed by atoms with van der Waals surface area (Å²) < 4.78 is 10.7.